The number of nitrogens with one attached hydrogen (secondary N) is 1. The fourth-order valence-electron chi connectivity index (χ4n) is 2.01. The maximum Gasteiger partial charge on any atom is 0.137 e. The summed E-state index contributed by atoms with van der Waals surface area (Å²) in [5.41, 5.74) is 4.08. The van der Waals surface area contributed by atoms with Crippen LogP contribution >= 0.6 is 11.3 Å². The lowest BCUT2D eigenvalue weighted by Gasteiger charge is -2.21. The largest absolute Gasteiger partial charge is 0.370 e. The second-order valence-electron chi connectivity index (χ2n) is 4.24. The van der Waals surface area contributed by atoms with Crippen molar-refractivity contribution in [3.05, 3.63) is 28.5 Å². The Morgan fingerprint density at radius 2 is 2.11 bits per heavy atom. The molecule has 19 heavy (non-hydrogen) atoms. The summed E-state index contributed by atoms with van der Waals surface area (Å²) in [5, 5.41) is 5.35. The van der Waals surface area contributed by atoms with Crippen LogP contribution in [0.25, 0.3) is 0 Å². The highest BCUT2D eigenvalue weighted by Crippen LogP contribution is 2.24. The molecule has 0 unspecified atom stereocenters. The third-order valence-electron chi connectivity index (χ3n) is 2.86. The van der Waals surface area contributed by atoms with Crippen LogP contribution in [-0.2, 0) is 13.0 Å². The second kappa shape index (κ2) is 6.47. The third-order valence-corrected chi connectivity index (χ3v) is 3.50. The van der Waals surface area contributed by atoms with Crippen molar-refractivity contribution in [2.75, 3.05) is 23.8 Å². The van der Waals surface area contributed by atoms with Gasteiger partial charge in [-0.1, -0.05) is 6.92 Å². The van der Waals surface area contributed by atoms with Gasteiger partial charge in [-0.2, -0.15) is 0 Å². The van der Waals surface area contributed by atoms with Crippen LogP contribution in [0.5, 0.6) is 0 Å². The minimum atomic E-state index is 0.763. The Morgan fingerprint density at radius 3 is 2.74 bits per heavy atom. The van der Waals surface area contributed by atoms with Crippen LogP contribution in [-0.4, -0.2) is 28.5 Å². The molecule has 0 atom stereocenters. The summed E-state index contributed by atoms with van der Waals surface area (Å²) in [6, 6.07) is 0. The van der Waals surface area contributed by atoms with E-state index in [1.54, 1.807) is 17.7 Å². The van der Waals surface area contributed by atoms with Crippen molar-refractivity contribution in [1.82, 2.24) is 15.0 Å². The normalized spacial score (nSPS) is 10.5. The molecule has 0 aromatic carbocycles. The summed E-state index contributed by atoms with van der Waals surface area (Å²) in [5.74, 6) is 1.90. The smallest absolute Gasteiger partial charge is 0.137 e. The van der Waals surface area contributed by atoms with Gasteiger partial charge in [-0.25, -0.2) is 15.0 Å². The van der Waals surface area contributed by atoms with Crippen LogP contribution in [0.1, 0.15) is 25.1 Å². The fraction of sp³-hybridized carbons (Fsp3) is 0.462. The molecule has 1 N–H and O–H groups in total. The fourth-order valence-corrected chi connectivity index (χ4v) is 2.56. The van der Waals surface area contributed by atoms with Crippen molar-refractivity contribution < 1.29 is 0 Å². The molecule has 0 saturated carbocycles. The molecule has 102 valence electrons. The van der Waals surface area contributed by atoms with Gasteiger partial charge in [0.2, 0.25) is 0 Å². The van der Waals surface area contributed by atoms with E-state index in [-0.39, 0.29) is 0 Å². The van der Waals surface area contributed by atoms with Crippen LogP contribution in [0.4, 0.5) is 11.6 Å². The molecule has 0 aliphatic carbocycles. The first-order valence-corrected chi connectivity index (χ1v) is 7.36. The number of anilines is 2. The molecule has 0 aliphatic heterocycles. The van der Waals surface area contributed by atoms with Crippen LogP contribution in [0, 0.1) is 0 Å². The van der Waals surface area contributed by atoms with E-state index in [4.69, 9.17) is 0 Å². The minimum absolute atomic E-state index is 0.763. The van der Waals surface area contributed by atoms with Gasteiger partial charge in [0.25, 0.3) is 0 Å². The Kier molecular flexibility index (Phi) is 4.68. The zero-order valence-corrected chi connectivity index (χ0v) is 12.4. The average molecular weight is 277 g/mol. The van der Waals surface area contributed by atoms with Gasteiger partial charge < -0.3 is 10.2 Å². The first-order valence-electron chi connectivity index (χ1n) is 6.42. The Labute approximate surface area is 117 Å². The molecule has 0 spiro atoms. The maximum atomic E-state index is 4.42. The summed E-state index contributed by atoms with van der Waals surface area (Å²) in [6.45, 7) is 5.82. The van der Waals surface area contributed by atoms with Crippen molar-refractivity contribution in [3.63, 3.8) is 0 Å². The van der Waals surface area contributed by atoms with Crippen molar-refractivity contribution >= 4 is 23.0 Å². The van der Waals surface area contributed by atoms with Gasteiger partial charge in [0.1, 0.15) is 18.0 Å². The number of nitrogens with zero attached hydrogens (tertiary/aromatic N) is 4. The Balaban J connectivity index is 2.25. The Morgan fingerprint density at radius 1 is 1.26 bits per heavy atom. The lowest BCUT2D eigenvalue weighted by molar-refractivity contribution is 0.852. The van der Waals surface area contributed by atoms with Crippen molar-refractivity contribution in [1.29, 1.82) is 0 Å². The molecule has 5 nitrogen and oxygen atoms in total. The number of aromatic nitrogens is 3. The Hall–Kier alpha value is -1.69. The number of thiazole rings is 1. The van der Waals surface area contributed by atoms with E-state index >= 15 is 0 Å². The van der Waals surface area contributed by atoms with Crippen molar-refractivity contribution in [3.8, 4) is 0 Å². The summed E-state index contributed by atoms with van der Waals surface area (Å²) >= 11 is 1.62. The summed E-state index contributed by atoms with van der Waals surface area (Å²) < 4.78 is 0. The van der Waals surface area contributed by atoms with Gasteiger partial charge in [0.15, 0.2) is 0 Å². The van der Waals surface area contributed by atoms with Gasteiger partial charge in [-0.3, -0.25) is 0 Å². The average Bonchev–Trinajstić information content (AvgIpc) is 2.91. The lowest BCUT2D eigenvalue weighted by atomic mass is 10.2. The van der Waals surface area contributed by atoms with Crippen molar-refractivity contribution in [2.24, 2.45) is 0 Å². The van der Waals surface area contributed by atoms with Crippen LogP contribution in [0.15, 0.2) is 17.2 Å². The van der Waals surface area contributed by atoms with E-state index in [2.05, 4.69) is 44.4 Å². The van der Waals surface area contributed by atoms with Gasteiger partial charge in [-0.05, 0) is 13.3 Å². The number of hydrogen-bond acceptors (Lipinski definition) is 6. The molecular formula is C13H19N5S. The summed E-state index contributed by atoms with van der Waals surface area (Å²) in [7, 11) is 2.04. The predicted molar refractivity (Wildman–Crippen MR) is 79.8 cm³/mol. The van der Waals surface area contributed by atoms with Gasteiger partial charge >= 0.3 is 0 Å². The van der Waals surface area contributed by atoms with E-state index in [1.807, 2.05) is 12.6 Å². The standard InChI is InChI=1S/C13H19N5S/c1-4-11-12(14-5-2)15-8-16-13(11)18(3)6-10-7-19-9-17-10/h7-9H,4-6H2,1-3H3,(H,14,15,16). The van der Waals surface area contributed by atoms with Crippen LogP contribution < -0.4 is 10.2 Å². The first kappa shape index (κ1) is 13.7. The maximum absolute atomic E-state index is 4.42. The molecule has 2 aromatic rings. The molecule has 2 aromatic heterocycles. The molecule has 0 fully saturated rings. The zero-order valence-electron chi connectivity index (χ0n) is 11.6. The topological polar surface area (TPSA) is 53.9 Å². The van der Waals surface area contributed by atoms with Gasteiger partial charge in [-0.15, -0.1) is 11.3 Å². The van der Waals surface area contributed by atoms with E-state index in [9.17, 15) is 0 Å². The molecular weight excluding hydrogens is 258 g/mol. The van der Waals surface area contributed by atoms with E-state index < -0.39 is 0 Å². The lowest BCUT2D eigenvalue weighted by Crippen LogP contribution is -2.20. The first-order chi connectivity index (χ1) is 9.26. The van der Waals surface area contributed by atoms with Crippen molar-refractivity contribution in [2.45, 2.75) is 26.8 Å². The third kappa shape index (κ3) is 3.20. The van der Waals surface area contributed by atoms with E-state index in [1.165, 1.54) is 0 Å². The molecule has 2 rings (SSSR count). The summed E-state index contributed by atoms with van der Waals surface area (Å²) in [4.78, 5) is 15.2. The van der Waals surface area contributed by atoms with E-state index in [0.717, 1.165) is 42.4 Å². The highest BCUT2D eigenvalue weighted by atomic mass is 32.1. The highest BCUT2D eigenvalue weighted by molar-refractivity contribution is 7.07. The molecule has 2 heterocycles. The molecule has 0 amide bonds. The Bertz CT molecular complexity index is 512. The number of hydrogen-bond donors (Lipinski definition) is 1. The van der Waals surface area contributed by atoms with Crippen LogP contribution in [0.2, 0.25) is 0 Å². The van der Waals surface area contributed by atoms with Crippen LogP contribution in [0.3, 0.4) is 0 Å². The monoisotopic (exact) mass is 277 g/mol. The summed E-state index contributed by atoms with van der Waals surface area (Å²) in [6.07, 6.45) is 2.52. The SMILES string of the molecule is CCNc1ncnc(N(C)Cc2cscn2)c1CC. The molecule has 0 bridgehead atoms. The number of rotatable bonds is 6. The predicted octanol–water partition coefficient (Wildman–Crippen LogP) is 2.56. The molecule has 0 aliphatic rings. The minimum Gasteiger partial charge on any atom is -0.370 e. The highest BCUT2D eigenvalue weighted by Gasteiger charge is 2.13. The van der Waals surface area contributed by atoms with E-state index in [0.29, 0.717) is 0 Å². The zero-order chi connectivity index (χ0) is 13.7. The van der Waals surface area contributed by atoms with Gasteiger partial charge in [0, 0.05) is 24.5 Å². The van der Waals surface area contributed by atoms with Gasteiger partial charge in [0.05, 0.1) is 17.7 Å². The second-order valence-corrected chi connectivity index (χ2v) is 4.96. The molecule has 0 saturated heterocycles. The molecule has 0 radical (unpaired) electrons. The molecule has 6 heteroatoms. The quantitative estimate of drug-likeness (QED) is 0.879.